The fourth-order valence-corrected chi connectivity index (χ4v) is 2.77. The van der Waals surface area contributed by atoms with Crippen LogP contribution in [-0.2, 0) is 0 Å². The molecule has 1 aromatic heterocycles. The molecule has 1 heterocycles. The number of carbonyl (C=O) groups excluding carboxylic acids is 1. The number of amides is 2. The fraction of sp³-hybridized carbons (Fsp3) is 0.375. The maximum Gasteiger partial charge on any atom is 0.315 e. The monoisotopic (exact) mass is 319 g/mol. The SMILES string of the molecule is CC(O)CCNC(=O)NC(C)c1nc(-c2ccccc2)cs1. The molecule has 0 aliphatic carbocycles. The van der Waals surface area contributed by atoms with Crippen LogP contribution in [0.1, 0.15) is 31.3 Å². The summed E-state index contributed by atoms with van der Waals surface area (Å²) in [6.07, 6.45) is 0.127. The lowest BCUT2D eigenvalue weighted by molar-refractivity contribution is 0.183. The summed E-state index contributed by atoms with van der Waals surface area (Å²) in [5.74, 6) is 0. The maximum absolute atomic E-state index is 11.8. The molecular weight excluding hydrogens is 298 g/mol. The summed E-state index contributed by atoms with van der Waals surface area (Å²) in [5.41, 5.74) is 1.99. The number of benzene rings is 1. The Balaban J connectivity index is 1.89. The summed E-state index contributed by atoms with van der Waals surface area (Å²) >= 11 is 1.53. The van der Waals surface area contributed by atoms with Crippen LogP contribution in [0.3, 0.4) is 0 Å². The Hall–Kier alpha value is -1.92. The van der Waals surface area contributed by atoms with Gasteiger partial charge in [0.1, 0.15) is 5.01 Å². The molecule has 2 aromatic rings. The Morgan fingerprint density at radius 2 is 2.05 bits per heavy atom. The number of hydrogen-bond acceptors (Lipinski definition) is 4. The summed E-state index contributed by atoms with van der Waals surface area (Å²) in [6.45, 7) is 4.05. The quantitative estimate of drug-likeness (QED) is 0.766. The molecule has 3 N–H and O–H groups in total. The molecule has 22 heavy (non-hydrogen) atoms. The van der Waals surface area contributed by atoms with E-state index in [1.165, 1.54) is 11.3 Å². The van der Waals surface area contributed by atoms with Gasteiger partial charge in [-0.25, -0.2) is 9.78 Å². The molecule has 0 aliphatic rings. The van der Waals surface area contributed by atoms with E-state index in [0.717, 1.165) is 16.3 Å². The molecule has 0 radical (unpaired) electrons. The number of nitrogens with zero attached hydrogens (tertiary/aromatic N) is 1. The van der Waals surface area contributed by atoms with Crippen molar-refractivity contribution in [2.75, 3.05) is 6.54 Å². The third-order valence-electron chi connectivity index (χ3n) is 3.16. The van der Waals surface area contributed by atoms with Crippen LogP contribution in [-0.4, -0.2) is 28.8 Å². The smallest absolute Gasteiger partial charge is 0.315 e. The number of urea groups is 1. The first-order valence-electron chi connectivity index (χ1n) is 7.29. The molecule has 118 valence electrons. The number of thiazole rings is 1. The minimum absolute atomic E-state index is 0.158. The van der Waals surface area contributed by atoms with E-state index in [-0.39, 0.29) is 12.1 Å². The summed E-state index contributed by atoms with van der Waals surface area (Å²) in [5, 5.41) is 17.6. The third-order valence-corrected chi connectivity index (χ3v) is 4.18. The van der Waals surface area contributed by atoms with E-state index in [4.69, 9.17) is 5.11 Å². The molecule has 2 atom stereocenters. The van der Waals surface area contributed by atoms with E-state index in [1.807, 2.05) is 42.6 Å². The van der Waals surface area contributed by atoms with Crippen LogP contribution in [0, 0.1) is 0 Å². The van der Waals surface area contributed by atoms with Crippen LogP contribution in [0.4, 0.5) is 4.79 Å². The van der Waals surface area contributed by atoms with Gasteiger partial charge in [-0.3, -0.25) is 0 Å². The van der Waals surface area contributed by atoms with Gasteiger partial charge in [0.25, 0.3) is 0 Å². The molecular formula is C16H21N3O2S. The molecule has 0 bridgehead atoms. The highest BCUT2D eigenvalue weighted by Gasteiger charge is 2.13. The largest absolute Gasteiger partial charge is 0.393 e. The van der Waals surface area contributed by atoms with Gasteiger partial charge in [0, 0.05) is 17.5 Å². The molecule has 2 rings (SSSR count). The predicted molar refractivity (Wildman–Crippen MR) is 88.8 cm³/mol. The summed E-state index contributed by atoms with van der Waals surface area (Å²) in [6, 6.07) is 9.55. The van der Waals surface area contributed by atoms with Crippen molar-refractivity contribution in [3.05, 3.63) is 40.7 Å². The highest BCUT2D eigenvalue weighted by molar-refractivity contribution is 7.10. The zero-order valence-electron chi connectivity index (χ0n) is 12.7. The van der Waals surface area contributed by atoms with Crippen molar-refractivity contribution in [3.63, 3.8) is 0 Å². The van der Waals surface area contributed by atoms with E-state index < -0.39 is 6.10 Å². The molecule has 1 aromatic carbocycles. The number of aromatic nitrogens is 1. The van der Waals surface area contributed by atoms with Gasteiger partial charge >= 0.3 is 6.03 Å². The first-order valence-corrected chi connectivity index (χ1v) is 8.17. The number of rotatable bonds is 6. The molecule has 0 saturated heterocycles. The molecule has 0 spiro atoms. The molecule has 0 aliphatic heterocycles. The fourth-order valence-electron chi connectivity index (χ4n) is 1.93. The predicted octanol–water partition coefficient (Wildman–Crippen LogP) is 2.94. The van der Waals surface area contributed by atoms with Gasteiger partial charge in [-0.05, 0) is 20.3 Å². The Kier molecular flexibility index (Phi) is 5.91. The number of hydrogen-bond donors (Lipinski definition) is 3. The second kappa shape index (κ2) is 7.91. The van der Waals surface area contributed by atoms with Gasteiger partial charge in [0.2, 0.25) is 0 Å². The van der Waals surface area contributed by atoms with Crippen molar-refractivity contribution < 1.29 is 9.90 Å². The highest BCUT2D eigenvalue weighted by Crippen LogP contribution is 2.25. The molecule has 0 saturated carbocycles. The zero-order valence-corrected chi connectivity index (χ0v) is 13.6. The standard InChI is InChI=1S/C16H21N3O2S/c1-11(20)8-9-17-16(21)18-12(2)15-19-14(10-22-15)13-6-4-3-5-7-13/h3-7,10-12,20H,8-9H2,1-2H3,(H2,17,18,21). The Morgan fingerprint density at radius 1 is 1.32 bits per heavy atom. The van der Waals surface area contributed by atoms with E-state index in [1.54, 1.807) is 6.92 Å². The third kappa shape index (κ3) is 4.82. The molecule has 5 nitrogen and oxygen atoms in total. The zero-order chi connectivity index (χ0) is 15.9. The van der Waals surface area contributed by atoms with E-state index in [9.17, 15) is 4.79 Å². The van der Waals surface area contributed by atoms with Gasteiger partial charge in [-0.15, -0.1) is 11.3 Å². The number of aliphatic hydroxyl groups is 1. The second-order valence-corrected chi connectivity index (χ2v) is 6.09. The van der Waals surface area contributed by atoms with Gasteiger partial charge in [0.05, 0.1) is 17.8 Å². The van der Waals surface area contributed by atoms with Crippen molar-refractivity contribution >= 4 is 17.4 Å². The normalized spacial score (nSPS) is 13.4. The Labute approximate surface area is 134 Å². The van der Waals surface area contributed by atoms with Crippen LogP contribution in [0.15, 0.2) is 35.7 Å². The van der Waals surface area contributed by atoms with Crippen LogP contribution in [0.2, 0.25) is 0 Å². The van der Waals surface area contributed by atoms with Gasteiger partial charge in [-0.2, -0.15) is 0 Å². The van der Waals surface area contributed by atoms with Gasteiger partial charge < -0.3 is 15.7 Å². The molecule has 0 fully saturated rings. The van der Waals surface area contributed by atoms with Gasteiger partial charge in [0.15, 0.2) is 0 Å². The van der Waals surface area contributed by atoms with E-state index in [0.29, 0.717) is 13.0 Å². The first kappa shape index (κ1) is 16.5. The van der Waals surface area contributed by atoms with Crippen LogP contribution in [0.5, 0.6) is 0 Å². The van der Waals surface area contributed by atoms with Crippen LogP contribution >= 0.6 is 11.3 Å². The number of carbonyl (C=O) groups is 1. The van der Waals surface area contributed by atoms with Crippen molar-refractivity contribution in [2.24, 2.45) is 0 Å². The Bertz CT molecular complexity index is 598. The maximum atomic E-state index is 11.8. The van der Waals surface area contributed by atoms with Crippen molar-refractivity contribution in [3.8, 4) is 11.3 Å². The minimum atomic E-state index is -0.412. The number of nitrogens with one attached hydrogen (secondary N) is 2. The lowest BCUT2D eigenvalue weighted by Crippen LogP contribution is -2.38. The summed E-state index contributed by atoms with van der Waals surface area (Å²) in [4.78, 5) is 16.3. The lowest BCUT2D eigenvalue weighted by atomic mass is 10.2. The average Bonchev–Trinajstić information content (AvgIpc) is 2.97. The van der Waals surface area contributed by atoms with Crippen molar-refractivity contribution in [2.45, 2.75) is 32.4 Å². The molecule has 6 heteroatoms. The molecule has 2 unspecified atom stereocenters. The topological polar surface area (TPSA) is 74.2 Å². The van der Waals surface area contributed by atoms with E-state index in [2.05, 4.69) is 15.6 Å². The second-order valence-electron chi connectivity index (χ2n) is 5.20. The summed E-state index contributed by atoms with van der Waals surface area (Å²) in [7, 11) is 0. The summed E-state index contributed by atoms with van der Waals surface area (Å²) < 4.78 is 0. The Morgan fingerprint density at radius 3 is 2.73 bits per heavy atom. The lowest BCUT2D eigenvalue weighted by Gasteiger charge is -2.12. The molecule has 2 amide bonds. The van der Waals surface area contributed by atoms with Crippen molar-refractivity contribution in [1.82, 2.24) is 15.6 Å². The highest BCUT2D eigenvalue weighted by atomic mass is 32.1. The number of aliphatic hydroxyl groups excluding tert-OH is 1. The minimum Gasteiger partial charge on any atom is -0.393 e. The van der Waals surface area contributed by atoms with E-state index >= 15 is 0 Å². The van der Waals surface area contributed by atoms with Crippen LogP contribution in [0.25, 0.3) is 11.3 Å². The first-order chi connectivity index (χ1) is 10.6. The van der Waals surface area contributed by atoms with Crippen LogP contribution < -0.4 is 10.6 Å². The van der Waals surface area contributed by atoms with Gasteiger partial charge in [-0.1, -0.05) is 30.3 Å². The van der Waals surface area contributed by atoms with Crippen molar-refractivity contribution in [1.29, 1.82) is 0 Å². The average molecular weight is 319 g/mol.